The molecule has 0 bridgehead atoms. The van der Waals surface area contributed by atoms with Gasteiger partial charge < -0.3 is 21.1 Å². The number of aromatic nitrogens is 2. The maximum Gasteiger partial charge on any atom is 0.313 e. The molecule has 0 aliphatic carbocycles. The highest BCUT2D eigenvalue weighted by Gasteiger charge is 2.15. The van der Waals surface area contributed by atoms with E-state index in [1.807, 2.05) is 49.4 Å². The van der Waals surface area contributed by atoms with E-state index in [0.717, 1.165) is 22.0 Å². The quantitative estimate of drug-likeness (QED) is 0.405. The maximum absolute atomic E-state index is 13.1. The Hall–Kier alpha value is -4.46. The van der Waals surface area contributed by atoms with E-state index in [0.29, 0.717) is 35.1 Å². The number of hydrogen-bond acceptors (Lipinski definition) is 5. The molecule has 0 spiro atoms. The lowest BCUT2D eigenvalue weighted by molar-refractivity contribution is -0.382. The zero-order chi connectivity index (χ0) is 23.4. The van der Waals surface area contributed by atoms with Crippen molar-refractivity contribution in [2.24, 2.45) is 5.73 Å². The molecule has 2 amide bonds. The number of H-pyrrole nitrogens is 1. The lowest BCUT2D eigenvalue weighted by atomic mass is 10.1. The first-order chi connectivity index (χ1) is 15.9. The number of amides is 2. The zero-order valence-corrected chi connectivity index (χ0v) is 18.3. The van der Waals surface area contributed by atoms with E-state index in [9.17, 15) is 9.59 Å². The van der Waals surface area contributed by atoms with Gasteiger partial charge in [0.05, 0.1) is 18.2 Å². The number of para-hydroxylation sites is 1. The number of carbonyl (C=O) groups is 2. The van der Waals surface area contributed by atoms with Crippen molar-refractivity contribution in [2.75, 3.05) is 17.7 Å². The van der Waals surface area contributed by atoms with Crippen LogP contribution in [0.5, 0.6) is 5.75 Å². The minimum Gasteiger partial charge on any atom is -0.497 e. The number of aryl methyl sites for hydroxylation is 1. The first-order valence-electron chi connectivity index (χ1n) is 10.3. The van der Waals surface area contributed by atoms with Gasteiger partial charge in [0.15, 0.2) is 6.20 Å². The van der Waals surface area contributed by atoms with Gasteiger partial charge in [-0.25, -0.2) is 9.97 Å². The van der Waals surface area contributed by atoms with Crippen molar-refractivity contribution in [3.8, 4) is 5.75 Å². The van der Waals surface area contributed by atoms with Gasteiger partial charge in [-0.15, -0.1) is 0 Å². The fourth-order valence-corrected chi connectivity index (χ4v) is 3.48. The van der Waals surface area contributed by atoms with Crippen LogP contribution in [0.2, 0.25) is 0 Å². The molecule has 8 nitrogen and oxygen atoms in total. The Morgan fingerprint density at radius 2 is 1.91 bits per heavy atom. The summed E-state index contributed by atoms with van der Waals surface area (Å²) in [6.45, 7) is 2.31. The second-order valence-electron chi connectivity index (χ2n) is 7.54. The van der Waals surface area contributed by atoms with Crippen molar-refractivity contribution in [3.05, 3.63) is 89.2 Å². The number of aromatic amines is 1. The fourth-order valence-electron chi connectivity index (χ4n) is 3.48. The van der Waals surface area contributed by atoms with Crippen molar-refractivity contribution in [3.63, 3.8) is 0 Å². The highest BCUT2D eigenvalue weighted by Crippen LogP contribution is 2.25. The van der Waals surface area contributed by atoms with Crippen LogP contribution in [0.25, 0.3) is 10.9 Å². The van der Waals surface area contributed by atoms with Gasteiger partial charge in [0.2, 0.25) is 0 Å². The molecule has 0 saturated carbocycles. The Bertz CT molecular complexity index is 1350. The van der Waals surface area contributed by atoms with E-state index in [4.69, 9.17) is 10.5 Å². The molecule has 2 aromatic carbocycles. The van der Waals surface area contributed by atoms with Crippen LogP contribution in [-0.4, -0.2) is 23.9 Å². The van der Waals surface area contributed by atoms with Gasteiger partial charge in [0.1, 0.15) is 11.6 Å². The number of primary amides is 1. The number of anilines is 2. The number of nitrogens with one attached hydrogen (secondary N) is 3. The van der Waals surface area contributed by atoms with Gasteiger partial charge >= 0.3 is 5.91 Å². The van der Waals surface area contributed by atoms with Crippen molar-refractivity contribution in [1.29, 1.82) is 0 Å². The summed E-state index contributed by atoms with van der Waals surface area (Å²) in [4.78, 5) is 31.9. The second kappa shape index (κ2) is 9.35. The van der Waals surface area contributed by atoms with E-state index < -0.39 is 5.91 Å². The molecule has 0 saturated heterocycles. The van der Waals surface area contributed by atoms with E-state index in [2.05, 4.69) is 20.6 Å². The molecule has 2 heterocycles. The first-order valence-corrected chi connectivity index (χ1v) is 10.3. The summed E-state index contributed by atoms with van der Waals surface area (Å²) in [6, 6.07) is 18.3. The van der Waals surface area contributed by atoms with Gasteiger partial charge in [0.25, 0.3) is 11.6 Å². The van der Waals surface area contributed by atoms with Gasteiger partial charge in [-0.05, 0) is 48.4 Å². The lowest BCUT2D eigenvalue weighted by Crippen LogP contribution is -2.23. The first kappa shape index (κ1) is 21.8. The molecule has 5 N–H and O–H groups in total. The van der Waals surface area contributed by atoms with Crippen LogP contribution in [0.1, 0.15) is 32.0 Å². The third-order valence-corrected chi connectivity index (χ3v) is 5.23. The number of fused-ring (bicyclic) bond motifs is 1. The topological polar surface area (TPSA) is 120 Å². The Morgan fingerprint density at radius 1 is 1.09 bits per heavy atom. The van der Waals surface area contributed by atoms with Crippen LogP contribution in [-0.2, 0) is 6.54 Å². The number of nitrogens with zero attached hydrogens (tertiary/aromatic N) is 1. The average molecular weight is 442 g/mol. The Kier molecular flexibility index (Phi) is 6.17. The van der Waals surface area contributed by atoms with Crippen LogP contribution >= 0.6 is 0 Å². The highest BCUT2D eigenvalue weighted by molar-refractivity contribution is 6.08. The minimum atomic E-state index is -0.535. The number of rotatable bonds is 7. The van der Waals surface area contributed by atoms with E-state index >= 15 is 0 Å². The van der Waals surface area contributed by atoms with Gasteiger partial charge in [-0.3, -0.25) is 9.59 Å². The van der Waals surface area contributed by atoms with Crippen LogP contribution in [0.4, 0.5) is 11.5 Å². The van der Waals surface area contributed by atoms with Crippen molar-refractivity contribution in [1.82, 2.24) is 4.98 Å². The van der Waals surface area contributed by atoms with Crippen LogP contribution in [0.3, 0.4) is 0 Å². The standard InChI is InChI=1S/C25H23N5O3/c1-15-11-17-7-8-18(33-2)13-21(17)29-24(15)30-25(32)19-5-3-4-6-20(19)28-14-16-9-10-27-22(12-16)23(26)31/h3-13,28H,14H2,1-2H3,(H2,26,31)(H,29,30,32)/p+1. The van der Waals surface area contributed by atoms with Crippen molar-refractivity contribution >= 4 is 34.2 Å². The molecule has 8 heteroatoms. The van der Waals surface area contributed by atoms with Gasteiger partial charge in [-0.2, -0.15) is 0 Å². The molecule has 166 valence electrons. The second-order valence-corrected chi connectivity index (χ2v) is 7.54. The summed E-state index contributed by atoms with van der Waals surface area (Å²) in [6.07, 6.45) is 1.65. The Morgan fingerprint density at radius 3 is 2.70 bits per heavy atom. The van der Waals surface area contributed by atoms with Crippen LogP contribution in [0.15, 0.2) is 66.9 Å². The van der Waals surface area contributed by atoms with E-state index in [1.54, 1.807) is 31.5 Å². The smallest absolute Gasteiger partial charge is 0.313 e. The third-order valence-electron chi connectivity index (χ3n) is 5.23. The monoisotopic (exact) mass is 442 g/mol. The molecule has 0 aliphatic rings. The fraction of sp³-hybridized carbons (Fsp3) is 0.120. The minimum absolute atomic E-state index is 0.282. The summed E-state index contributed by atoms with van der Waals surface area (Å²) in [5.41, 5.74) is 9.21. The summed E-state index contributed by atoms with van der Waals surface area (Å²) in [5.74, 6) is 0.367. The van der Waals surface area contributed by atoms with Crippen LogP contribution in [0, 0.1) is 6.92 Å². The molecule has 33 heavy (non-hydrogen) atoms. The summed E-state index contributed by atoms with van der Waals surface area (Å²) in [5, 5.41) is 7.14. The molecule has 4 aromatic rings. The van der Waals surface area contributed by atoms with Crippen LogP contribution < -0.4 is 26.1 Å². The molecule has 2 aromatic heterocycles. The number of methoxy groups -OCH3 is 1. The number of pyridine rings is 2. The molecule has 0 radical (unpaired) electrons. The summed E-state index contributed by atoms with van der Waals surface area (Å²) >= 11 is 0. The molecule has 0 fully saturated rings. The van der Waals surface area contributed by atoms with Gasteiger partial charge in [-0.1, -0.05) is 12.1 Å². The molecular formula is C25H24N5O3+. The number of hydrogen-bond donors (Lipinski definition) is 3. The lowest BCUT2D eigenvalue weighted by Gasteiger charge is -2.13. The van der Waals surface area contributed by atoms with Gasteiger partial charge in [0, 0.05) is 35.8 Å². The third kappa shape index (κ3) is 4.90. The Labute approximate surface area is 190 Å². The number of benzene rings is 2. The molecule has 4 rings (SSSR count). The SMILES string of the molecule is COc1ccc2cc(C)c(NC(=O)c3ccccc3NCc3cc[nH+]c(C(N)=O)c3)nc2c1. The Balaban J connectivity index is 1.55. The number of ether oxygens (including phenoxy) is 1. The highest BCUT2D eigenvalue weighted by atomic mass is 16.5. The molecule has 0 aliphatic heterocycles. The number of nitrogens with two attached hydrogens (primary N) is 1. The van der Waals surface area contributed by atoms with E-state index in [1.165, 1.54) is 0 Å². The number of carbonyl (C=O) groups excluding carboxylic acids is 2. The molecular weight excluding hydrogens is 418 g/mol. The predicted molar refractivity (Wildman–Crippen MR) is 126 cm³/mol. The van der Waals surface area contributed by atoms with Crippen molar-refractivity contribution < 1.29 is 19.3 Å². The largest absolute Gasteiger partial charge is 0.497 e. The normalized spacial score (nSPS) is 10.6. The molecule has 0 unspecified atom stereocenters. The summed E-state index contributed by atoms with van der Waals surface area (Å²) < 4.78 is 5.28. The average Bonchev–Trinajstić information content (AvgIpc) is 2.83. The zero-order valence-electron chi connectivity index (χ0n) is 18.3. The molecule has 0 atom stereocenters. The van der Waals surface area contributed by atoms with Crippen molar-refractivity contribution in [2.45, 2.75) is 13.5 Å². The summed E-state index contributed by atoms with van der Waals surface area (Å²) in [7, 11) is 1.60. The predicted octanol–water partition coefficient (Wildman–Crippen LogP) is 3.33. The van der Waals surface area contributed by atoms with E-state index in [-0.39, 0.29) is 5.91 Å². The maximum atomic E-state index is 13.1.